The van der Waals surface area contributed by atoms with Gasteiger partial charge in [0, 0.05) is 10.4 Å². The summed E-state index contributed by atoms with van der Waals surface area (Å²) in [6.45, 7) is 2.01. The molecule has 0 saturated heterocycles. The van der Waals surface area contributed by atoms with Crippen molar-refractivity contribution in [2.24, 2.45) is 0 Å². The zero-order valence-electron chi connectivity index (χ0n) is 11.4. The predicted octanol–water partition coefficient (Wildman–Crippen LogP) is 3.28. The molecule has 104 valence electrons. The van der Waals surface area contributed by atoms with E-state index in [1.54, 1.807) is 6.08 Å². The molecule has 5 heteroatoms. The lowest BCUT2D eigenvalue weighted by Gasteiger charge is -2.00. The van der Waals surface area contributed by atoms with Gasteiger partial charge in [-0.05, 0) is 12.5 Å². The number of anilines is 1. The molecule has 2 rings (SSSR count). The summed E-state index contributed by atoms with van der Waals surface area (Å²) in [7, 11) is 1.38. The van der Waals surface area contributed by atoms with Gasteiger partial charge in [0.15, 0.2) is 5.13 Å². The van der Waals surface area contributed by atoms with E-state index in [4.69, 9.17) is 5.73 Å². The second-order valence-corrected chi connectivity index (χ2v) is 5.50. The van der Waals surface area contributed by atoms with Crippen LogP contribution in [0.4, 0.5) is 5.13 Å². The SMILES string of the molecule is COC(=O)CC=Cc1ccc(-c2nc(N)sc2C)cc1. The Kier molecular flexibility index (Phi) is 4.53. The van der Waals surface area contributed by atoms with E-state index in [1.807, 2.05) is 37.3 Å². The number of aromatic nitrogens is 1. The number of nitrogens with two attached hydrogens (primary N) is 1. The Bertz CT molecular complexity index is 630. The standard InChI is InChI=1S/C15H16N2O2S/c1-10-14(17-15(16)20-10)12-8-6-11(7-9-12)4-3-5-13(18)19-2/h3-4,6-9H,5H2,1-2H3,(H2,16,17). The highest BCUT2D eigenvalue weighted by molar-refractivity contribution is 7.15. The van der Waals surface area contributed by atoms with Crippen LogP contribution in [0.2, 0.25) is 0 Å². The second kappa shape index (κ2) is 6.34. The summed E-state index contributed by atoms with van der Waals surface area (Å²) in [6.07, 6.45) is 3.95. The van der Waals surface area contributed by atoms with Crippen molar-refractivity contribution < 1.29 is 9.53 Å². The number of hydrogen-bond donors (Lipinski definition) is 1. The molecule has 0 bridgehead atoms. The summed E-state index contributed by atoms with van der Waals surface area (Å²) < 4.78 is 4.57. The van der Waals surface area contributed by atoms with Crippen LogP contribution >= 0.6 is 11.3 Å². The van der Waals surface area contributed by atoms with Gasteiger partial charge in [-0.1, -0.05) is 36.4 Å². The van der Waals surface area contributed by atoms with E-state index in [0.717, 1.165) is 21.7 Å². The molecule has 1 aromatic carbocycles. The Labute approximate surface area is 121 Å². The third-order valence-electron chi connectivity index (χ3n) is 2.82. The number of carbonyl (C=O) groups is 1. The Morgan fingerprint density at radius 2 is 2.10 bits per heavy atom. The van der Waals surface area contributed by atoms with Crippen molar-refractivity contribution in [2.45, 2.75) is 13.3 Å². The zero-order chi connectivity index (χ0) is 14.5. The van der Waals surface area contributed by atoms with Crippen molar-refractivity contribution in [1.29, 1.82) is 0 Å². The molecule has 0 atom stereocenters. The number of thiazole rings is 1. The molecule has 0 amide bonds. The molecule has 0 unspecified atom stereocenters. The lowest BCUT2D eigenvalue weighted by molar-refractivity contribution is -0.139. The van der Waals surface area contributed by atoms with Crippen molar-refractivity contribution in [2.75, 3.05) is 12.8 Å². The van der Waals surface area contributed by atoms with E-state index in [1.165, 1.54) is 18.4 Å². The maximum atomic E-state index is 11.0. The average Bonchev–Trinajstić information content (AvgIpc) is 2.78. The first-order chi connectivity index (χ1) is 9.60. The molecular formula is C15H16N2O2S. The number of hydrogen-bond acceptors (Lipinski definition) is 5. The summed E-state index contributed by atoms with van der Waals surface area (Å²) in [5.74, 6) is -0.244. The summed E-state index contributed by atoms with van der Waals surface area (Å²) >= 11 is 1.49. The lowest BCUT2D eigenvalue weighted by atomic mass is 10.1. The van der Waals surface area contributed by atoms with E-state index < -0.39 is 0 Å². The molecule has 2 aromatic rings. The van der Waals surface area contributed by atoms with E-state index in [9.17, 15) is 4.79 Å². The summed E-state index contributed by atoms with van der Waals surface area (Å²) in [5, 5.41) is 0.583. The topological polar surface area (TPSA) is 65.2 Å². The molecule has 1 heterocycles. The molecule has 0 aliphatic carbocycles. The highest BCUT2D eigenvalue weighted by Crippen LogP contribution is 2.28. The normalized spacial score (nSPS) is 10.9. The van der Waals surface area contributed by atoms with Gasteiger partial charge < -0.3 is 10.5 Å². The molecule has 0 aliphatic rings. The number of nitrogen functional groups attached to an aromatic ring is 1. The van der Waals surface area contributed by atoms with Crippen molar-refractivity contribution in [3.05, 3.63) is 40.8 Å². The smallest absolute Gasteiger partial charge is 0.309 e. The minimum atomic E-state index is -0.244. The molecule has 0 radical (unpaired) electrons. The van der Waals surface area contributed by atoms with Crippen LogP contribution in [0.25, 0.3) is 17.3 Å². The van der Waals surface area contributed by atoms with Gasteiger partial charge in [0.1, 0.15) is 0 Å². The van der Waals surface area contributed by atoms with Crippen molar-refractivity contribution >= 4 is 28.5 Å². The van der Waals surface area contributed by atoms with Gasteiger partial charge >= 0.3 is 5.97 Å². The number of benzene rings is 1. The van der Waals surface area contributed by atoms with Gasteiger partial charge in [-0.25, -0.2) is 4.98 Å². The van der Waals surface area contributed by atoms with Gasteiger partial charge in [-0.3, -0.25) is 4.79 Å². The minimum Gasteiger partial charge on any atom is -0.469 e. The van der Waals surface area contributed by atoms with Crippen LogP contribution in [0.3, 0.4) is 0 Å². The van der Waals surface area contributed by atoms with Crippen LogP contribution < -0.4 is 5.73 Å². The molecule has 0 spiro atoms. The Morgan fingerprint density at radius 3 is 2.65 bits per heavy atom. The fraction of sp³-hybridized carbons (Fsp3) is 0.200. The van der Waals surface area contributed by atoms with Gasteiger partial charge in [0.25, 0.3) is 0 Å². The van der Waals surface area contributed by atoms with Crippen molar-refractivity contribution in [3.63, 3.8) is 0 Å². The van der Waals surface area contributed by atoms with Crippen LogP contribution in [0.1, 0.15) is 16.9 Å². The number of esters is 1. The van der Waals surface area contributed by atoms with Crippen LogP contribution in [0.5, 0.6) is 0 Å². The monoisotopic (exact) mass is 288 g/mol. The van der Waals surface area contributed by atoms with E-state index in [-0.39, 0.29) is 12.4 Å². The maximum Gasteiger partial charge on any atom is 0.309 e. The molecule has 0 aliphatic heterocycles. The lowest BCUT2D eigenvalue weighted by Crippen LogP contribution is -1.96. The summed E-state index contributed by atoms with van der Waals surface area (Å²) in [4.78, 5) is 16.4. The molecule has 4 nitrogen and oxygen atoms in total. The largest absolute Gasteiger partial charge is 0.469 e. The van der Waals surface area contributed by atoms with Gasteiger partial charge in [0.2, 0.25) is 0 Å². The van der Waals surface area contributed by atoms with Crippen molar-refractivity contribution in [1.82, 2.24) is 4.98 Å². The Hall–Kier alpha value is -2.14. The number of carbonyl (C=O) groups excluding carboxylic acids is 1. The van der Waals surface area contributed by atoms with Crippen LogP contribution in [0.15, 0.2) is 30.3 Å². The number of methoxy groups -OCH3 is 1. The third-order valence-corrected chi connectivity index (χ3v) is 3.62. The second-order valence-electron chi connectivity index (χ2n) is 4.26. The molecule has 2 N–H and O–H groups in total. The number of nitrogens with zero attached hydrogens (tertiary/aromatic N) is 1. The van der Waals surface area contributed by atoms with Gasteiger partial charge in [-0.2, -0.15) is 0 Å². The van der Waals surface area contributed by atoms with Gasteiger partial charge in [-0.15, -0.1) is 11.3 Å². The zero-order valence-corrected chi connectivity index (χ0v) is 12.2. The van der Waals surface area contributed by atoms with E-state index >= 15 is 0 Å². The predicted molar refractivity (Wildman–Crippen MR) is 82.4 cm³/mol. The maximum absolute atomic E-state index is 11.0. The van der Waals surface area contributed by atoms with Crippen LogP contribution in [0, 0.1) is 6.92 Å². The van der Waals surface area contributed by atoms with Crippen LogP contribution in [-0.4, -0.2) is 18.1 Å². The molecule has 0 fully saturated rings. The number of aryl methyl sites for hydroxylation is 1. The summed E-state index contributed by atoms with van der Waals surface area (Å²) in [5.41, 5.74) is 8.70. The molecular weight excluding hydrogens is 272 g/mol. The minimum absolute atomic E-state index is 0.244. The summed E-state index contributed by atoms with van der Waals surface area (Å²) in [6, 6.07) is 7.97. The third kappa shape index (κ3) is 3.45. The van der Waals surface area contributed by atoms with E-state index in [0.29, 0.717) is 5.13 Å². The quantitative estimate of drug-likeness (QED) is 0.877. The number of ether oxygens (including phenoxy) is 1. The fourth-order valence-electron chi connectivity index (χ4n) is 1.81. The number of rotatable bonds is 4. The first-order valence-electron chi connectivity index (χ1n) is 6.17. The first kappa shape index (κ1) is 14.3. The fourth-order valence-corrected chi connectivity index (χ4v) is 2.52. The van der Waals surface area contributed by atoms with Crippen molar-refractivity contribution in [3.8, 4) is 11.3 Å². The Balaban J connectivity index is 2.10. The average molecular weight is 288 g/mol. The molecule has 1 aromatic heterocycles. The Morgan fingerprint density at radius 1 is 1.40 bits per heavy atom. The highest BCUT2D eigenvalue weighted by Gasteiger charge is 2.07. The highest BCUT2D eigenvalue weighted by atomic mass is 32.1. The van der Waals surface area contributed by atoms with E-state index in [2.05, 4.69) is 9.72 Å². The molecule has 0 saturated carbocycles. The van der Waals surface area contributed by atoms with Crippen LogP contribution in [-0.2, 0) is 9.53 Å². The van der Waals surface area contributed by atoms with Gasteiger partial charge in [0.05, 0.1) is 19.2 Å². The first-order valence-corrected chi connectivity index (χ1v) is 6.98. The molecule has 20 heavy (non-hydrogen) atoms.